The van der Waals surface area contributed by atoms with Gasteiger partial charge in [0.1, 0.15) is 10.5 Å². The molecule has 0 radical (unpaired) electrons. The summed E-state index contributed by atoms with van der Waals surface area (Å²) >= 11 is 2.83. The maximum Gasteiger partial charge on any atom is 0.243 e. The van der Waals surface area contributed by atoms with Gasteiger partial charge in [-0.3, -0.25) is 9.82 Å². The van der Waals surface area contributed by atoms with E-state index < -0.39 is 10.0 Å². The lowest BCUT2D eigenvalue weighted by molar-refractivity contribution is 0.606. The van der Waals surface area contributed by atoms with Crippen molar-refractivity contribution in [3.8, 4) is 0 Å². The smallest absolute Gasteiger partial charge is 0.243 e. The van der Waals surface area contributed by atoms with Gasteiger partial charge in [-0.05, 0) is 0 Å². The molecule has 11 heavy (non-hydrogen) atoms. The first-order valence-corrected chi connectivity index (χ1v) is 5.47. The topological polar surface area (TPSA) is 74.8 Å². The van der Waals surface area contributed by atoms with Crippen molar-refractivity contribution in [2.24, 2.45) is 0 Å². The highest BCUT2D eigenvalue weighted by Gasteiger charge is 2.07. The molecule has 1 aromatic heterocycles. The summed E-state index contributed by atoms with van der Waals surface area (Å²) in [4.78, 5) is 0. The molecule has 0 spiro atoms. The van der Waals surface area contributed by atoms with Gasteiger partial charge in [-0.1, -0.05) is 15.9 Å². The number of hydrogen-bond donors (Lipinski definition) is 2. The van der Waals surface area contributed by atoms with Crippen molar-refractivity contribution in [3.63, 3.8) is 0 Å². The van der Waals surface area contributed by atoms with Crippen LogP contribution in [0.1, 0.15) is 0 Å². The van der Waals surface area contributed by atoms with Crippen LogP contribution in [-0.4, -0.2) is 23.3 Å². The minimum Gasteiger partial charge on any atom is -0.267 e. The molecule has 0 saturated carbocycles. The van der Waals surface area contributed by atoms with Crippen LogP contribution in [0.25, 0.3) is 0 Å². The lowest BCUT2D eigenvalue weighted by Crippen LogP contribution is -2.13. The van der Waals surface area contributed by atoms with E-state index in [4.69, 9.17) is 0 Å². The van der Waals surface area contributed by atoms with E-state index in [0.717, 1.165) is 0 Å². The Morgan fingerprint density at radius 2 is 2.45 bits per heavy atom. The fraction of sp³-hybridized carbons (Fsp3) is 0.250. The Morgan fingerprint density at radius 3 is 2.91 bits per heavy atom. The van der Waals surface area contributed by atoms with Crippen LogP contribution in [0.15, 0.2) is 12.3 Å². The lowest BCUT2D eigenvalue weighted by atomic mass is 10.7. The molecule has 0 bridgehead atoms. The molecule has 1 rings (SSSR count). The minimum absolute atomic E-state index is 0.126. The highest BCUT2D eigenvalue weighted by Crippen LogP contribution is 2.03. The van der Waals surface area contributed by atoms with Crippen molar-refractivity contribution in [1.82, 2.24) is 10.2 Å². The molecular formula is C4H6BrN3O2S. The summed E-state index contributed by atoms with van der Waals surface area (Å²) in [5, 5.41) is 6.04. The van der Waals surface area contributed by atoms with Gasteiger partial charge in [-0.2, -0.15) is 5.10 Å². The molecule has 2 N–H and O–H groups in total. The molecular weight excluding hydrogens is 234 g/mol. The molecule has 0 unspecified atom stereocenters. The molecule has 62 valence electrons. The first-order valence-electron chi connectivity index (χ1n) is 2.70. The van der Waals surface area contributed by atoms with Crippen molar-refractivity contribution in [3.05, 3.63) is 12.3 Å². The maximum absolute atomic E-state index is 10.9. The van der Waals surface area contributed by atoms with E-state index in [-0.39, 0.29) is 4.66 Å². The van der Waals surface area contributed by atoms with E-state index in [2.05, 4.69) is 30.8 Å². The molecule has 0 aliphatic carbocycles. The summed E-state index contributed by atoms with van der Waals surface area (Å²) in [6, 6.07) is 1.53. The molecule has 5 nitrogen and oxygen atoms in total. The molecule has 1 heterocycles. The Bertz CT molecular complexity index is 306. The number of aromatic amines is 1. The number of anilines is 1. The van der Waals surface area contributed by atoms with E-state index in [9.17, 15) is 8.42 Å². The number of hydrogen-bond acceptors (Lipinski definition) is 3. The van der Waals surface area contributed by atoms with Crippen LogP contribution in [-0.2, 0) is 10.0 Å². The second kappa shape index (κ2) is 3.22. The first kappa shape index (κ1) is 8.54. The fourth-order valence-corrected chi connectivity index (χ4v) is 1.35. The average Bonchev–Trinajstić information content (AvgIpc) is 2.39. The number of aromatic nitrogens is 2. The van der Waals surface area contributed by atoms with Gasteiger partial charge in [0.2, 0.25) is 10.0 Å². The lowest BCUT2D eigenvalue weighted by Gasteiger charge is -1.99. The van der Waals surface area contributed by atoms with E-state index >= 15 is 0 Å². The SMILES string of the molecule is O=S(=O)(CBr)Nc1ccn[nH]1. The molecule has 1 aromatic rings. The van der Waals surface area contributed by atoms with Crippen LogP contribution in [0, 0.1) is 0 Å². The summed E-state index contributed by atoms with van der Waals surface area (Å²) in [5.74, 6) is 0.365. The zero-order valence-electron chi connectivity index (χ0n) is 5.41. The van der Waals surface area contributed by atoms with Crippen LogP contribution in [0.5, 0.6) is 0 Å². The molecule has 0 fully saturated rings. The Kier molecular flexibility index (Phi) is 2.50. The molecule has 0 amide bonds. The molecule has 7 heteroatoms. The number of H-pyrrole nitrogens is 1. The standard InChI is InChI=1S/C4H6BrN3O2S/c5-3-11(9,10)8-4-1-2-6-7-4/h1-2H,3H2,(H2,6,7,8). The van der Waals surface area contributed by atoms with Crippen molar-refractivity contribution < 1.29 is 8.42 Å². The van der Waals surface area contributed by atoms with Crippen molar-refractivity contribution in [2.75, 3.05) is 9.38 Å². The number of halogens is 1. The second-order valence-corrected chi connectivity index (χ2v) is 4.82. The van der Waals surface area contributed by atoms with Crippen molar-refractivity contribution >= 4 is 31.8 Å². The summed E-state index contributed by atoms with van der Waals surface area (Å²) in [6.45, 7) is 0. The Balaban J connectivity index is 2.72. The van der Waals surface area contributed by atoms with E-state index in [1.54, 1.807) is 0 Å². The van der Waals surface area contributed by atoms with Gasteiger partial charge in [-0.15, -0.1) is 0 Å². The normalized spacial score (nSPS) is 11.4. The fourth-order valence-electron chi connectivity index (χ4n) is 0.508. The highest BCUT2D eigenvalue weighted by atomic mass is 79.9. The Labute approximate surface area is 72.4 Å². The number of rotatable bonds is 3. The van der Waals surface area contributed by atoms with E-state index in [1.807, 2.05) is 0 Å². The molecule has 0 atom stereocenters. The first-order chi connectivity index (χ1) is 5.14. The van der Waals surface area contributed by atoms with Crippen LogP contribution < -0.4 is 4.72 Å². The average molecular weight is 240 g/mol. The predicted octanol–water partition coefficient (Wildman–Crippen LogP) is 0.504. The van der Waals surface area contributed by atoms with Gasteiger partial charge < -0.3 is 0 Å². The number of nitrogens with one attached hydrogen (secondary N) is 2. The zero-order chi connectivity index (χ0) is 8.32. The molecule has 0 aliphatic rings. The monoisotopic (exact) mass is 239 g/mol. The summed E-state index contributed by atoms with van der Waals surface area (Å²) < 4.78 is 23.9. The van der Waals surface area contributed by atoms with Gasteiger partial charge in [0.15, 0.2) is 0 Å². The molecule has 0 aromatic carbocycles. The zero-order valence-corrected chi connectivity index (χ0v) is 7.81. The van der Waals surface area contributed by atoms with Gasteiger partial charge in [0, 0.05) is 6.07 Å². The summed E-state index contributed by atoms with van der Waals surface area (Å²) in [6.07, 6.45) is 1.46. The quantitative estimate of drug-likeness (QED) is 0.755. The van der Waals surface area contributed by atoms with Crippen LogP contribution in [0.3, 0.4) is 0 Å². The van der Waals surface area contributed by atoms with Gasteiger partial charge in [-0.25, -0.2) is 8.42 Å². The summed E-state index contributed by atoms with van der Waals surface area (Å²) in [5.41, 5.74) is 0. The molecule has 0 saturated heterocycles. The Hall–Kier alpha value is -0.560. The van der Waals surface area contributed by atoms with Crippen LogP contribution in [0.2, 0.25) is 0 Å². The van der Waals surface area contributed by atoms with Crippen LogP contribution >= 0.6 is 15.9 Å². The number of sulfonamides is 1. The Morgan fingerprint density at radius 1 is 1.73 bits per heavy atom. The van der Waals surface area contributed by atoms with E-state index in [1.165, 1.54) is 12.3 Å². The van der Waals surface area contributed by atoms with Crippen molar-refractivity contribution in [2.45, 2.75) is 0 Å². The third-order valence-electron chi connectivity index (χ3n) is 0.910. The number of alkyl halides is 1. The third-order valence-corrected chi connectivity index (χ3v) is 3.54. The maximum atomic E-state index is 10.9. The van der Waals surface area contributed by atoms with Gasteiger partial charge in [0.25, 0.3) is 0 Å². The van der Waals surface area contributed by atoms with Crippen molar-refractivity contribution in [1.29, 1.82) is 0 Å². The van der Waals surface area contributed by atoms with Crippen LogP contribution in [0.4, 0.5) is 5.82 Å². The minimum atomic E-state index is -3.25. The van der Waals surface area contributed by atoms with E-state index in [0.29, 0.717) is 5.82 Å². The van der Waals surface area contributed by atoms with Gasteiger partial charge >= 0.3 is 0 Å². The molecule has 0 aliphatic heterocycles. The third kappa shape index (κ3) is 2.51. The highest BCUT2D eigenvalue weighted by molar-refractivity contribution is 9.10. The largest absolute Gasteiger partial charge is 0.267 e. The summed E-state index contributed by atoms with van der Waals surface area (Å²) in [7, 11) is -3.25. The predicted molar refractivity (Wildman–Crippen MR) is 44.9 cm³/mol. The number of nitrogens with zero attached hydrogens (tertiary/aromatic N) is 1. The second-order valence-electron chi connectivity index (χ2n) is 1.80. The van der Waals surface area contributed by atoms with Gasteiger partial charge in [0.05, 0.1) is 6.20 Å².